The molecule has 2 amide bonds. The number of likely N-dealkylation sites (tertiary alicyclic amines) is 1. The Morgan fingerprint density at radius 3 is 3.18 bits per heavy atom. The van der Waals surface area contributed by atoms with E-state index < -0.39 is 6.17 Å². The molecule has 2 N–H and O–H groups in total. The van der Waals surface area contributed by atoms with Crippen LogP contribution in [0.1, 0.15) is 18.4 Å². The predicted octanol–water partition coefficient (Wildman–Crippen LogP) is 2.11. The lowest BCUT2D eigenvalue weighted by Crippen LogP contribution is -2.46. The van der Waals surface area contributed by atoms with Gasteiger partial charge in [-0.05, 0) is 19.6 Å². The van der Waals surface area contributed by atoms with E-state index in [1.807, 2.05) is 18.6 Å². The third-order valence-electron chi connectivity index (χ3n) is 3.59. The van der Waals surface area contributed by atoms with E-state index in [2.05, 4.69) is 20.5 Å². The smallest absolute Gasteiger partial charge is 0.315 e. The molecule has 0 saturated carbocycles. The summed E-state index contributed by atoms with van der Waals surface area (Å²) in [7, 11) is 0. The maximum Gasteiger partial charge on any atom is 0.315 e. The minimum absolute atomic E-state index is 0.0282. The zero-order valence-corrected chi connectivity index (χ0v) is 14.6. The van der Waals surface area contributed by atoms with Crippen LogP contribution in [-0.2, 0) is 6.54 Å². The van der Waals surface area contributed by atoms with Gasteiger partial charge in [-0.1, -0.05) is 0 Å². The van der Waals surface area contributed by atoms with E-state index in [-0.39, 0.29) is 18.1 Å². The molecule has 124 valence electrons. The Labute approximate surface area is 139 Å². The lowest BCUT2D eigenvalue weighted by Gasteiger charge is -2.23. The molecule has 0 radical (unpaired) electrons. The average molecular weight is 346 g/mol. The number of carbonyl (C=O) groups is 1. The van der Waals surface area contributed by atoms with E-state index in [9.17, 15) is 9.18 Å². The Bertz CT molecular complexity index is 460. The molecule has 1 fully saturated rings. The standard InChI is InChI=1S/C14H23FN4OS2/c1-10(9-21-2)18-14(20)17-6-12-5-11(15)7-19(12)8-13-16-3-4-22-13/h3-4,10-12H,5-9H2,1-2H3,(H2,17,18,20)/t10-,11-,12-/m0/s1. The summed E-state index contributed by atoms with van der Waals surface area (Å²) in [5, 5.41) is 8.65. The van der Waals surface area contributed by atoms with Gasteiger partial charge in [0.2, 0.25) is 0 Å². The maximum atomic E-state index is 13.7. The fourth-order valence-electron chi connectivity index (χ4n) is 2.61. The van der Waals surface area contributed by atoms with Gasteiger partial charge in [-0.15, -0.1) is 11.3 Å². The number of amides is 2. The highest BCUT2D eigenvalue weighted by molar-refractivity contribution is 7.98. The Hall–Kier alpha value is -0.860. The molecular weight excluding hydrogens is 323 g/mol. The number of urea groups is 1. The normalized spacial score (nSPS) is 23.4. The predicted molar refractivity (Wildman–Crippen MR) is 90.2 cm³/mol. The monoisotopic (exact) mass is 346 g/mol. The van der Waals surface area contributed by atoms with E-state index in [4.69, 9.17) is 0 Å². The van der Waals surface area contributed by atoms with Crippen LogP contribution in [0.15, 0.2) is 11.6 Å². The van der Waals surface area contributed by atoms with Crippen LogP contribution in [-0.4, -0.2) is 59.3 Å². The molecule has 0 bridgehead atoms. The zero-order chi connectivity index (χ0) is 15.9. The number of carbonyl (C=O) groups excluding carboxylic acids is 1. The first-order valence-electron chi connectivity index (χ1n) is 7.38. The summed E-state index contributed by atoms with van der Waals surface area (Å²) < 4.78 is 13.7. The van der Waals surface area contributed by atoms with Crippen molar-refractivity contribution >= 4 is 29.1 Å². The number of halogens is 1. The number of hydrogen-bond acceptors (Lipinski definition) is 5. The van der Waals surface area contributed by atoms with Gasteiger partial charge in [-0.25, -0.2) is 14.2 Å². The van der Waals surface area contributed by atoms with Gasteiger partial charge in [0.05, 0.1) is 6.54 Å². The van der Waals surface area contributed by atoms with Gasteiger partial charge in [-0.2, -0.15) is 11.8 Å². The Balaban J connectivity index is 1.78. The van der Waals surface area contributed by atoms with Crippen LogP contribution in [0.5, 0.6) is 0 Å². The van der Waals surface area contributed by atoms with Crippen molar-refractivity contribution in [3.05, 3.63) is 16.6 Å². The van der Waals surface area contributed by atoms with Gasteiger partial charge < -0.3 is 10.6 Å². The molecule has 0 aliphatic carbocycles. The molecule has 2 heterocycles. The summed E-state index contributed by atoms with van der Waals surface area (Å²) >= 11 is 3.27. The average Bonchev–Trinajstić information content (AvgIpc) is 3.07. The highest BCUT2D eigenvalue weighted by Gasteiger charge is 2.32. The quantitative estimate of drug-likeness (QED) is 0.794. The summed E-state index contributed by atoms with van der Waals surface area (Å²) in [6, 6.07) is -0.0301. The van der Waals surface area contributed by atoms with Crippen molar-refractivity contribution in [2.45, 2.75) is 38.1 Å². The lowest BCUT2D eigenvalue weighted by atomic mass is 10.2. The first-order chi connectivity index (χ1) is 10.6. The van der Waals surface area contributed by atoms with Crippen molar-refractivity contribution in [1.29, 1.82) is 0 Å². The number of nitrogens with one attached hydrogen (secondary N) is 2. The Morgan fingerprint density at radius 2 is 2.50 bits per heavy atom. The second-order valence-electron chi connectivity index (χ2n) is 5.55. The van der Waals surface area contributed by atoms with Gasteiger partial charge in [0.1, 0.15) is 11.2 Å². The molecular formula is C14H23FN4OS2. The number of hydrogen-bond donors (Lipinski definition) is 2. The second-order valence-corrected chi connectivity index (χ2v) is 7.44. The fourth-order valence-corrected chi connectivity index (χ4v) is 3.83. The van der Waals surface area contributed by atoms with Crippen LogP contribution in [0.2, 0.25) is 0 Å². The molecule has 0 unspecified atom stereocenters. The molecule has 8 heteroatoms. The third kappa shape index (κ3) is 5.40. The topological polar surface area (TPSA) is 57.3 Å². The fraction of sp³-hybridized carbons (Fsp3) is 0.714. The van der Waals surface area contributed by atoms with Gasteiger partial charge in [0.15, 0.2) is 0 Å². The first-order valence-corrected chi connectivity index (χ1v) is 9.65. The van der Waals surface area contributed by atoms with Crippen molar-refractivity contribution in [3.8, 4) is 0 Å². The summed E-state index contributed by atoms with van der Waals surface area (Å²) in [5.41, 5.74) is 0. The van der Waals surface area contributed by atoms with Gasteiger partial charge in [-0.3, -0.25) is 4.90 Å². The molecule has 1 aromatic rings. The zero-order valence-electron chi connectivity index (χ0n) is 12.9. The van der Waals surface area contributed by atoms with Gasteiger partial charge >= 0.3 is 6.03 Å². The van der Waals surface area contributed by atoms with Gasteiger partial charge in [0.25, 0.3) is 0 Å². The number of thioether (sulfide) groups is 1. The summed E-state index contributed by atoms with van der Waals surface area (Å²) in [5.74, 6) is 0.875. The third-order valence-corrected chi connectivity index (χ3v) is 5.19. The molecule has 1 aromatic heterocycles. The van der Waals surface area contributed by atoms with Crippen molar-refractivity contribution in [1.82, 2.24) is 20.5 Å². The first kappa shape index (κ1) is 17.5. The maximum absolute atomic E-state index is 13.7. The number of aromatic nitrogens is 1. The van der Waals surface area contributed by atoms with Crippen LogP contribution < -0.4 is 10.6 Å². The summed E-state index contributed by atoms with van der Waals surface area (Å²) in [6.45, 7) is 3.49. The number of rotatable bonds is 7. The van der Waals surface area contributed by atoms with Crippen molar-refractivity contribution in [2.75, 3.05) is 25.1 Å². The minimum Gasteiger partial charge on any atom is -0.337 e. The second kappa shape index (κ2) is 8.69. The molecule has 0 spiro atoms. The van der Waals surface area contributed by atoms with Gasteiger partial charge in [0, 0.05) is 42.5 Å². The van der Waals surface area contributed by atoms with Crippen LogP contribution >= 0.6 is 23.1 Å². The lowest BCUT2D eigenvalue weighted by molar-refractivity contribution is 0.218. The molecule has 1 aliphatic heterocycles. The summed E-state index contributed by atoms with van der Waals surface area (Å²) in [6.07, 6.45) is 3.40. The van der Waals surface area contributed by atoms with E-state index in [0.717, 1.165) is 10.8 Å². The van der Waals surface area contributed by atoms with Crippen molar-refractivity contribution in [2.24, 2.45) is 0 Å². The van der Waals surface area contributed by atoms with Crippen LogP contribution in [0.4, 0.5) is 9.18 Å². The van der Waals surface area contributed by atoms with Crippen molar-refractivity contribution in [3.63, 3.8) is 0 Å². The van der Waals surface area contributed by atoms with E-state index in [0.29, 0.717) is 26.1 Å². The van der Waals surface area contributed by atoms with Crippen LogP contribution in [0.25, 0.3) is 0 Å². The SMILES string of the molecule is CSC[C@H](C)NC(=O)NC[C@@H]1C[C@H](F)CN1Cc1nccs1. The highest BCUT2D eigenvalue weighted by Crippen LogP contribution is 2.22. The molecule has 3 atom stereocenters. The summed E-state index contributed by atoms with van der Waals surface area (Å²) in [4.78, 5) is 18.1. The number of thiazole rings is 1. The molecule has 1 aliphatic rings. The van der Waals surface area contributed by atoms with Crippen molar-refractivity contribution < 1.29 is 9.18 Å². The number of alkyl halides is 1. The van der Waals surface area contributed by atoms with E-state index in [1.165, 1.54) is 0 Å². The van der Waals surface area contributed by atoms with Crippen LogP contribution in [0.3, 0.4) is 0 Å². The molecule has 1 saturated heterocycles. The van der Waals surface area contributed by atoms with Crippen LogP contribution in [0, 0.1) is 0 Å². The van der Waals surface area contributed by atoms with E-state index in [1.54, 1.807) is 29.3 Å². The number of nitrogens with zero attached hydrogens (tertiary/aromatic N) is 2. The Kier molecular flexibility index (Phi) is 6.91. The molecule has 22 heavy (non-hydrogen) atoms. The highest BCUT2D eigenvalue weighted by atomic mass is 32.2. The molecule has 0 aromatic carbocycles. The van der Waals surface area contributed by atoms with E-state index >= 15 is 0 Å². The Morgan fingerprint density at radius 1 is 1.68 bits per heavy atom. The molecule has 2 rings (SSSR count). The minimum atomic E-state index is -0.828. The largest absolute Gasteiger partial charge is 0.337 e. The molecule has 5 nitrogen and oxygen atoms in total.